The Bertz CT molecular complexity index is 662. The largest absolute Gasteiger partial charge is 0.320 e. The Morgan fingerprint density at radius 1 is 0.833 bits per heavy atom. The number of hydrogen-bond donors (Lipinski definition) is 1. The van der Waals surface area contributed by atoms with E-state index in [2.05, 4.69) is 29.2 Å². The van der Waals surface area contributed by atoms with Crippen molar-refractivity contribution in [2.24, 2.45) is 5.73 Å². The van der Waals surface area contributed by atoms with Gasteiger partial charge >= 0.3 is 0 Å². The van der Waals surface area contributed by atoms with Gasteiger partial charge in [0.15, 0.2) is 0 Å². The molecule has 88 valence electrons. The van der Waals surface area contributed by atoms with Crippen LogP contribution in [0.15, 0.2) is 66.9 Å². The average Bonchev–Trinajstić information content (AvgIpc) is 2.47. The zero-order valence-electron chi connectivity index (χ0n) is 9.95. The number of nitrogens with zero attached hydrogens (tertiary/aromatic N) is 1. The predicted molar refractivity (Wildman–Crippen MR) is 74.2 cm³/mol. The Morgan fingerprint density at radius 3 is 2.50 bits per heavy atom. The molecule has 2 N–H and O–H groups in total. The van der Waals surface area contributed by atoms with E-state index in [-0.39, 0.29) is 6.04 Å². The highest BCUT2D eigenvalue weighted by molar-refractivity contribution is 5.79. The van der Waals surface area contributed by atoms with Gasteiger partial charge in [0.25, 0.3) is 0 Å². The number of hydrogen-bond acceptors (Lipinski definition) is 2. The summed E-state index contributed by atoms with van der Waals surface area (Å²) in [5, 5.41) is 1.14. The van der Waals surface area contributed by atoms with Crippen LogP contribution in [0.3, 0.4) is 0 Å². The summed E-state index contributed by atoms with van der Waals surface area (Å²) in [5.41, 5.74) is 9.48. The summed E-state index contributed by atoms with van der Waals surface area (Å²) < 4.78 is 0. The zero-order chi connectivity index (χ0) is 12.4. The van der Waals surface area contributed by atoms with Crippen LogP contribution < -0.4 is 5.73 Å². The quantitative estimate of drug-likeness (QED) is 0.739. The van der Waals surface area contributed by atoms with Gasteiger partial charge < -0.3 is 5.73 Å². The molecule has 2 heteroatoms. The van der Waals surface area contributed by atoms with Crippen molar-refractivity contribution in [2.75, 3.05) is 0 Å². The molecule has 0 fully saturated rings. The van der Waals surface area contributed by atoms with Gasteiger partial charge in [-0.3, -0.25) is 4.98 Å². The molecular weight excluding hydrogens is 220 g/mol. The number of rotatable bonds is 2. The van der Waals surface area contributed by atoms with Crippen LogP contribution in [0.4, 0.5) is 0 Å². The van der Waals surface area contributed by atoms with E-state index in [1.165, 1.54) is 0 Å². The van der Waals surface area contributed by atoms with E-state index < -0.39 is 0 Å². The second-order valence-electron chi connectivity index (χ2n) is 4.34. The fraction of sp³-hybridized carbons (Fsp3) is 0.0625. The monoisotopic (exact) mass is 234 g/mol. The first-order valence-electron chi connectivity index (χ1n) is 6.00. The summed E-state index contributed by atoms with van der Waals surface area (Å²) in [6.07, 6.45) is 1.81. The van der Waals surface area contributed by atoms with E-state index >= 15 is 0 Å². The summed E-state index contributed by atoms with van der Waals surface area (Å²) in [7, 11) is 0. The second-order valence-corrected chi connectivity index (χ2v) is 4.34. The molecule has 0 spiro atoms. The second kappa shape index (κ2) is 4.59. The Hall–Kier alpha value is -2.19. The average molecular weight is 234 g/mol. The molecule has 1 heterocycles. The van der Waals surface area contributed by atoms with E-state index in [0.717, 1.165) is 22.0 Å². The van der Waals surface area contributed by atoms with E-state index in [0.29, 0.717) is 0 Å². The lowest BCUT2D eigenvalue weighted by Gasteiger charge is -2.12. The van der Waals surface area contributed by atoms with E-state index in [1.807, 2.05) is 36.4 Å². The minimum Gasteiger partial charge on any atom is -0.320 e. The zero-order valence-corrected chi connectivity index (χ0v) is 9.95. The molecular formula is C16H14N2. The highest BCUT2D eigenvalue weighted by atomic mass is 14.7. The number of fused-ring (bicyclic) bond motifs is 1. The van der Waals surface area contributed by atoms with Crippen molar-refractivity contribution in [3.8, 4) is 0 Å². The summed E-state index contributed by atoms with van der Waals surface area (Å²) in [5.74, 6) is 0. The van der Waals surface area contributed by atoms with Gasteiger partial charge in [-0.15, -0.1) is 0 Å². The van der Waals surface area contributed by atoms with Crippen molar-refractivity contribution in [3.05, 3.63) is 78.0 Å². The summed E-state index contributed by atoms with van der Waals surface area (Å²) in [6, 6.07) is 20.2. The van der Waals surface area contributed by atoms with Crippen molar-refractivity contribution in [1.29, 1.82) is 0 Å². The van der Waals surface area contributed by atoms with Crippen LogP contribution in [0.2, 0.25) is 0 Å². The third kappa shape index (κ3) is 1.98. The molecule has 2 nitrogen and oxygen atoms in total. The lowest BCUT2D eigenvalue weighted by Crippen LogP contribution is -2.11. The van der Waals surface area contributed by atoms with Crippen molar-refractivity contribution < 1.29 is 0 Å². The van der Waals surface area contributed by atoms with Crippen LogP contribution >= 0.6 is 0 Å². The number of aromatic nitrogens is 1. The van der Waals surface area contributed by atoms with Gasteiger partial charge in [-0.1, -0.05) is 48.5 Å². The van der Waals surface area contributed by atoms with Gasteiger partial charge in [0.2, 0.25) is 0 Å². The van der Waals surface area contributed by atoms with Crippen LogP contribution in [0.5, 0.6) is 0 Å². The molecule has 2 aromatic carbocycles. The Balaban J connectivity index is 2.04. The van der Waals surface area contributed by atoms with Crippen molar-refractivity contribution in [3.63, 3.8) is 0 Å². The standard InChI is InChI=1S/C16H14N2/c17-16(13-5-2-1-3-6-13)14-9-8-12-7-4-10-18-15(12)11-14/h1-11,16H,17H2. The van der Waals surface area contributed by atoms with Crippen LogP contribution in [-0.4, -0.2) is 4.98 Å². The van der Waals surface area contributed by atoms with Crippen LogP contribution in [0.1, 0.15) is 17.2 Å². The number of benzene rings is 2. The van der Waals surface area contributed by atoms with Gasteiger partial charge in [0.05, 0.1) is 11.6 Å². The van der Waals surface area contributed by atoms with Crippen molar-refractivity contribution >= 4 is 10.9 Å². The fourth-order valence-corrected chi connectivity index (χ4v) is 2.13. The smallest absolute Gasteiger partial charge is 0.0705 e. The molecule has 0 saturated heterocycles. The van der Waals surface area contributed by atoms with Crippen LogP contribution in [0, 0.1) is 0 Å². The molecule has 0 aliphatic carbocycles. The normalized spacial score (nSPS) is 12.5. The Labute approximate surface area is 106 Å². The third-order valence-electron chi connectivity index (χ3n) is 3.15. The Kier molecular flexibility index (Phi) is 2.79. The maximum absolute atomic E-state index is 6.28. The summed E-state index contributed by atoms with van der Waals surface area (Å²) in [4.78, 5) is 4.36. The lowest BCUT2D eigenvalue weighted by atomic mass is 9.98. The van der Waals surface area contributed by atoms with E-state index in [4.69, 9.17) is 5.73 Å². The van der Waals surface area contributed by atoms with Gasteiger partial charge in [-0.2, -0.15) is 0 Å². The molecule has 0 aliphatic rings. The SMILES string of the molecule is NC(c1ccccc1)c1ccc2cccnc2c1. The molecule has 18 heavy (non-hydrogen) atoms. The number of pyridine rings is 1. The minimum absolute atomic E-state index is 0.0994. The molecule has 0 radical (unpaired) electrons. The first-order chi connectivity index (χ1) is 8.84. The van der Waals surface area contributed by atoms with Gasteiger partial charge in [0, 0.05) is 11.6 Å². The molecule has 1 atom stereocenters. The van der Waals surface area contributed by atoms with Crippen molar-refractivity contribution in [1.82, 2.24) is 4.98 Å². The Morgan fingerprint density at radius 2 is 1.67 bits per heavy atom. The van der Waals surface area contributed by atoms with E-state index in [9.17, 15) is 0 Å². The highest BCUT2D eigenvalue weighted by Gasteiger charge is 2.08. The molecule has 3 rings (SSSR count). The highest BCUT2D eigenvalue weighted by Crippen LogP contribution is 2.22. The van der Waals surface area contributed by atoms with Gasteiger partial charge in [-0.25, -0.2) is 0 Å². The third-order valence-corrected chi connectivity index (χ3v) is 3.15. The topological polar surface area (TPSA) is 38.9 Å². The predicted octanol–water partition coefficient (Wildman–Crippen LogP) is 3.28. The van der Waals surface area contributed by atoms with Crippen molar-refractivity contribution in [2.45, 2.75) is 6.04 Å². The summed E-state index contributed by atoms with van der Waals surface area (Å²) >= 11 is 0. The minimum atomic E-state index is -0.0994. The molecule has 1 aromatic heterocycles. The first-order valence-corrected chi connectivity index (χ1v) is 6.00. The molecule has 3 aromatic rings. The molecule has 0 aliphatic heterocycles. The molecule has 1 unspecified atom stereocenters. The molecule has 0 saturated carbocycles. The first kappa shape index (κ1) is 10.9. The maximum atomic E-state index is 6.28. The van der Waals surface area contributed by atoms with Gasteiger partial charge in [-0.05, 0) is 23.3 Å². The number of nitrogens with two attached hydrogens (primary N) is 1. The van der Waals surface area contributed by atoms with E-state index in [1.54, 1.807) is 6.20 Å². The van der Waals surface area contributed by atoms with Gasteiger partial charge in [0.1, 0.15) is 0 Å². The summed E-state index contributed by atoms with van der Waals surface area (Å²) in [6.45, 7) is 0. The van der Waals surface area contributed by atoms with Crippen LogP contribution in [-0.2, 0) is 0 Å². The lowest BCUT2D eigenvalue weighted by molar-refractivity contribution is 0.873. The molecule has 0 bridgehead atoms. The fourth-order valence-electron chi connectivity index (χ4n) is 2.13. The van der Waals surface area contributed by atoms with Crippen LogP contribution in [0.25, 0.3) is 10.9 Å². The molecule has 0 amide bonds. The maximum Gasteiger partial charge on any atom is 0.0705 e.